The van der Waals surface area contributed by atoms with E-state index in [-0.39, 0.29) is 31.5 Å². The Morgan fingerprint density at radius 2 is 1.79 bits per heavy atom. The lowest BCUT2D eigenvalue weighted by Crippen LogP contribution is -2.63. The molecule has 6 atom stereocenters. The standard InChI is InChI=1S/C24H38Cl6N2O7/c1-3-4-5-6-7-8-16(13-34)10-12-36-19-15(2)17(9-11-33)38-20(39-21(31)24(28,29)30)18(19)32-22(35)37-14-23(25,26)27/h13,15-20,31,33H,3-12,14H2,1-2H3,(H,32,35)/t15-,16-,17-,18-,19+,20?/m1/s1. The molecule has 0 saturated carbocycles. The van der Waals surface area contributed by atoms with Gasteiger partial charge in [0, 0.05) is 25.0 Å². The molecule has 0 aliphatic carbocycles. The number of aliphatic hydroxyl groups is 1. The number of rotatable bonds is 16. The van der Waals surface area contributed by atoms with Crippen molar-refractivity contribution in [2.45, 2.75) is 97.3 Å². The van der Waals surface area contributed by atoms with Gasteiger partial charge in [-0.1, -0.05) is 116 Å². The summed E-state index contributed by atoms with van der Waals surface area (Å²) >= 11 is 34.4. The third-order valence-electron chi connectivity index (χ3n) is 6.29. The number of alkyl halides is 6. The number of halogens is 6. The van der Waals surface area contributed by atoms with Crippen LogP contribution in [0.15, 0.2) is 0 Å². The van der Waals surface area contributed by atoms with Crippen molar-refractivity contribution in [3.63, 3.8) is 0 Å². The molecule has 0 bridgehead atoms. The average molecular weight is 679 g/mol. The maximum Gasteiger partial charge on any atom is 0.407 e. The summed E-state index contributed by atoms with van der Waals surface area (Å²) in [4.78, 5) is 24.2. The highest BCUT2D eigenvalue weighted by molar-refractivity contribution is 6.76. The molecule has 1 rings (SSSR count). The van der Waals surface area contributed by atoms with Crippen LogP contribution in [-0.4, -0.2) is 75.3 Å². The summed E-state index contributed by atoms with van der Waals surface area (Å²) in [6.07, 6.45) is 4.14. The van der Waals surface area contributed by atoms with Crippen LogP contribution in [0.25, 0.3) is 0 Å². The van der Waals surface area contributed by atoms with E-state index in [1.54, 1.807) is 0 Å². The molecular weight excluding hydrogens is 641 g/mol. The number of carbonyl (C=O) groups is 2. The Hall–Kier alpha value is 0.0300. The minimum Gasteiger partial charge on any atom is -0.446 e. The van der Waals surface area contributed by atoms with E-state index < -0.39 is 50.7 Å². The van der Waals surface area contributed by atoms with Crippen molar-refractivity contribution in [2.24, 2.45) is 11.8 Å². The summed E-state index contributed by atoms with van der Waals surface area (Å²) in [7, 11) is 0. The van der Waals surface area contributed by atoms with Gasteiger partial charge in [-0.05, 0) is 19.3 Å². The number of alkyl carbamates (subject to hydrolysis) is 1. The smallest absolute Gasteiger partial charge is 0.407 e. The summed E-state index contributed by atoms with van der Waals surface area (Å²) in [5.74, 6) is -1.31. The zero-order chi connectivity index (χ0) is 29.6. The SMILES string of the molecule is CCCCCCC[C@@H](C=O)CCO[C@H]1[C@H](C)[C@@H](CCO)OC(OC(=N)C(Cl)(Cl)Cl)[C@@H]1NC(=O)OCC(Cl)(Cl)Cl. The third-order valence-corrected chi connectivity index (χ3v) is 7.13. The molecule has 1 fully saturated rings. The van der Waals surface area contributed by atoms with Crippen molar-refractivity contribution >= 4 is 87.9 Å². The van der Waals surface area contributed by atoms with Crippen molar-refractivity contribution in [1.29, 1.82) is 5.41 Å². The minimum atomic E-state index is -2.20. The van der Waals surface area contributed by atoms with Gasteiger partial charge in [0.1, 0.15) is 18.9 Å². The lowest BCUT2D eigenvalue weighted by Gasteiger charge is -2.45. The van der Waals surface area contributed by atoms with Gasteiger partial charge in [-0.25, -0.2) is 4.79 Å². The molecule has 0 radical (unpaired) electrons. The molecule has 3 N–H and O–H groups in total. The summed E-state index contributed by atoms with van der Waals surface area (Å²) in [5, 5.41) is 20.1. The van der Waals surface area contributed by atoms with Crippen LogP contribution in [0.1, 0.15) is 65.2 Å². The first-order valence-electron chi connectivity index (χ1n) is 12.9. The monoisotopic (exact) mass is 676 g/mol. The zero-order valence-electron chi connectivity index (χ0n) is 22.0. The molecule has 228 valence electrons. The van der Waals surface area contributed by atoms with Crippen molar-refractivity contribution in [2.75, 3.05) is 19.8 Å². The van der Waals surface area contributed by atoms with Crippen LogP contribution >= 0.6 is 69.6 Å². The lowest BCUT2D eigenvalue weighted by molar-refractivity contribution is -0.233. The van der Waals surface area contributed by atoms with Crippen molar-refractivity contribution in [3.05, 3.63) is 0 Å². The van der Waals surface area contributed by atoms with E-state index in [1.165, 1.54) is 6.42 Å². The molecule has 0 aromatic carbocycles. The van der Waals surface area contributed by atoms with Crippen LogP contribution in [0.4, 0.5) is 4.79 Å². The number of aldehydes is 1. The number of carbonyl (C=O) groups excluding carboxylic acids is 2. The second-order valence-electron chi connectivity index (χ2n) is 9.44. The number of nitrogens with one attached hydrogen (secondary N) is 2. The van der Waals surface area contributed by atoms with Crippen LogP contribution < -0.4 is 5.32 Å². The Labute approximate surface area is 260 Å². The topological polar surface area (TPSA) is 127 Å². The molecule has 1 heterocycles. The van der Waals surface area contributed by atoms with Crippen LogP contribution in [0.5, 0.6) is 0 Å². The van der Waals surface area contributed by atoms with Gasteiger partial charge in [0.2, 0.25) is 16.0 Å². The maximum absolute atomic E-state index is 12.6. The highest BCUT2D eigenvalue weighted by atomic mass is 35.6. The minimum absolute atomic E-state index is 0.180. The Kier molecular flexibility index (Phi) is 17.6. The highest BCUT2D eigenvalue weighted by Gasteiger charge is 2.48. The van der Waals surface area contributed by atoms with Crippen LogP contribution in [0.3, 0.4) is 0 Å². The molecule has 0 aromatic heterocycles. The molecule has 1 unspecified atom stereocenters. The van der Waals surface area contributed by atoms with E-state index in [2.05, 4.69) is 12.2 Å². The number of unbranched alkanes of at least 4 members (excludes halogenated alkanes) is 4. The van der Waals surface area contributed by atoms with Crippen LogP contribution in [0, 0.1) is 17.2 Å². The Bertz CT molecular complexity index is 753. The number of hydrogen-bond acceptors (Lipinski definition) is 8. The molecule has 15 heteroatoms. The summed E-state index contributed by atoms with van der Waals surface area (Å²) in [6.45, 7) is 3.40. The molecule has 0 aromatic rings. The van der Waals surface area contributed by atoms with Crippen molar-refractivity contribution in [1.82, 2.24) is 5.32 Å². The van der Waals surface area contributed by atoms with E-state index in [1.807, 2.05) is 6.92 Å². The van der Waals surface area contributed by atoms with Gasteiger partial charge in [0.15, 0.2) is 0 Å². The van der Waals surface area contributed by atoms with Gasteiger partial charge >= 0.3 is 6.09 Å². The molecule has 1 saturated heterocycles. The first-order chi connectivity index (χ1) is 18.2. The molecule has 1 amide bonds. The van der Waals surface area contributed by atoms with E-state index >= 15 is 0 Å². The van der Waals surface area contributed by atoms with Gasteiger partial charge in [-0.2, -0.15) is 0 Å². The van der Waals surface area contributed by atoms with E-state index in [9.17, 15) is 14.7 Å². The Balaban J connectivity index is 3.05. The summed E-state index contributed by atoms with van der Waals surface area (Å²) in [6, 6.07) is -1.06. The normalized spacial score (nSPS) is 24.6. The maximum atomic E-state index is 12.6. The molecule has 39 heavy (non-hydrogen) atoms. The van der Waals surface area contributed by atoms with Gasteiger partial charge in [-0.15, -0.1) is 0 Å². The summed E-state index contributed by atoms with van der Waals surface area (Å²) < 4.78 is 18.6. The van der Waals surface area contributed by atoms with Crippen LogP contribution in [0.2, 0.25) is 0 Å². The number of ether oxygens (including phenoxy) is 4. The molecule has 0 spiro atoms. The number of amides is 1. The fraction of sp³-hybridized carbons (Fsp3) is 0.875. The molecular formula is C24H38Cl6N2O7. The summed E-state index contributed by atoms with van der Waals surface area (Å²) in [5.41, 5.74) is 0. The van der Waals surface area contributed by atoms with E-state index in [4.69, 9.17) is 94.0 Å². The predicted molar refractivity (Wildman–Crippen MR) is 154 cm³/mol. The highest BCUT2D eigenvalue weighted by Crippen LogP contribution is 2.34. The largest absolute Gasteiger partial charge is 0.446 e. The van der Waals surface area contributed by atoms with Gasteiger partial charge in [0.25, 0.3) is 3.79 Å². The third kappa shape index (κ3) is 14.7. The van der Waals surface area contributed by atoms with Crippen molar-refractivity contribution in [3.8, 4) is 0 Å². The molecule has 1 aliphatic heterocycles. The van der Waals surface area contributed by atoms with E-state index in [0.29, 0.717) is 6.42 Å². The van der Waals surface area contributed by atoms with Crippen LogP contribution in [-0.2, 0) is 23.7 Å². The quantitative estimate of drug-likeness (QED) is 0.0559. The fourth-order valence-electron chi connectivity index (χ4n) is 4.19. The lowest BCUT2D eigenvalue weighted by atomic mass is 9.87. The Morgan fingerprint density at radius 3 is 2.36 bits per heavy atom. The van der Waals surface area contributed by atoms with Crippen molar-refractivity contribution < 1.29 is 33.6 Å². The zero-order valence-corrected chi connectivity index (χ0v) is 26.5. The first-order valence-corrected chi connectivity index (χ1v) is 15.2. The Morgan fingerprint density at radius 1 is 1.13 bits per heavy atom. The van der Waals surface area contributed by atoms with Gasteiger partial charge in [-0.3, -0.25) is 5.41 Å². The first kappa shape index (κ1) is 37.1. The molecule has 1 aliphatic rings. The molecule has 9 nitrogen and oxygen atoms in total. The van der Waals surface area contributed by atoms with E-state index in [0.717, 1.165) is 38.4 Å². The second kappa shape index (κ2) is 18.5. The van der Waals surface area contributed by atoms with Gasteiger partial charge in [0.05, 0.1) is 12.2 Å². The fourth-order valence-corrected chi connectivity index (χ4v) is 4.49. The average Bonchev–Trinajstić information content (AvgIpc) is 2.84. The number of hydrogen-bond donors (Lipinski definition) is 3. The number of aliphatic hydroxyl groups excluding tert-OH is 1. The predicted octanol–water partition coefficient (Wildman–Crippen LogP) is 6.51. The second-order valence-corrected chi connectivity index (χ2v) is 14.2. The van der Waals surface area contributed by atoms with Gasteiger partial charge < -0.3 is 34.2 Å².